The minimum Gasteiger partial charge on any atom is -0.170 e. The van der Waals surface area contributed by atoms with Crippen LogP contribution in [-0.4, -0.2) is 4.98 Å². The maximum atomic E-state index is 4.44. The van der Waals surface area contributed by atoms with Crippen molar-refractivity contribution in [1.29, 1.82) is 0 Å². The van der Waals surface area contributed by atoms with E-state index in [9.17, 15) is 0 Å². The molecule has 0 aliphatic heterocycles. The fourth-order valence-corrected chi connectivity index (χ4v) is 1.81. The molecule has 2 nitrogen and oxygen atoms in total. The molecule has 0 atom stereocenters. The third kappa shape index (κ3) is 2.50. The van der Waals surface area contributed by atoms with E-state index in [0.717, 1.165) is 0 Å². The number of aromatic nitrogens is 2. The number of rotatable bonds is 0. The van der Waals surface area contributed by atoms with E-state index in [0.29, 0.717) is 0 Å². The molecule has 0 saturated carbocycles. The maximum absolute atomic E-state index is 4.44. The zero-order valence-electron chi connectivity index (χ0n) is 9.38. The summed E-state index contributed by atoms with van der Waals surface area (Å²) < 4.78 is 2.20. The largest absolute Gasteiger partial charge is 0.299 e. The van der Waals surface area contributed by atoms with Gasteiger partial charge in [-0.1, -0.05) is 20.8 Å². The van der Waals surface area contributed by atoms with Crippen molar-refractivity contribution < 1.29 is 3.96 Å². The van der Waals surface area contributed by atoms with Crippen molar-refractivity contribution in [2.24, 2.45) is 0 Å². The zero-order chi connectivity index (χ0) is 10.3. The van der Waals surface area contributed by atoms with Crippen LogP contribution >= 0.6 is 11.5 Å². The summed E-state index contributed by atoms with van der Waals surface area (Å²) in [5, 5.41) is 1.20. The summed E-state index contributed by atoms with van der Waals surface area (Å²) in [6.45, 7) is 13.2. The van der Waals surface area contributed by atoms with E-state index in [1.807, 2.05) is 6.33 Å². The summed E-state index contributed by atoms with van der Waals surface area (Å²) >= 11 is 1.75. The van der Waals surface area contributed by atoms with Crippen molar-refractivity contribution in [3.63, 3.8) is 0 Å². The Balaban J connectivity index is 3.01. The summed E-state index contributed by atoms with van der Waals surface area (Å²) in [7, 11) is 0. The van der Waals surface area contributed by atoms with E-state index in [4.69, 9.17) is 0 Å². The molecular formula is C10H19N2S+. The summed E-state index contributed by atoms with van der Waals surface area (Å²) in [5.41, 5.74) is 0.322. The van der Waals surface area contributed by atoms with E-state index >= 15 is 0 Å². The van der Waals surface area contributed by atoms with Crippen LogP contribution < -0.4 is 3.96 Å². The van der Waals surface area contributed by atoms with Crippen LogP contribution in [0.15, 0.2) is 6.33 Å². The van der Waals surface area contributed by atoms with Crippen molar-refractivity contribution in [2.45, 2.75) is 52.5 Å². The molecule has 0 aromatic carbocycles. The Morgan fingerprint density at radius 3 is 1.92 bits per heavy atom. The van der Waals surface area contributed by atoms with E-state index in [-0.39, 0.29) is 11.0 Å². The van der Waals surface area contributed by atoms with Gasteiger partial charge >= 0.3 is 0 Å². The van der Waals surface area contributed by atoms with Gasteiger partial charge in [-0.2, -0.15) is 3.96 Å². The van der Waals surface area contributed by atoms with Gasteiger partial charge in [0.15, 0.2) is 0 Å². The molecule has 74 valence electrons. The number of hydrogen-bond acceptors (Lipinski definition) is 2. The molecule has 0 aliphatic rings. The third-order valence-corrected chi connectivity index (χ3v) is 3.50. The van der Waals surface area contributed by atoms with E-state index in [2.05, 4.69) is 50.5 Å². The molecule has 0 saturated heterocycles. The topological polar surface area (TPSA) is 16.8 Å². The van der Waals surface area contributed by atoms with Crippen molar-refractivity contribution >= 4 is 11.5 Å². The van der Waals surface area contributed by atoms with Crippen LogP contribution in [0.4, 0.5) is 0 Å². The molecule has 13 heavy (non-hydrogen) atoms. The first-order chi connectivity index (χ1) is 5.71. The molecule has 1 aromatic rings. The molecule has 0 aliphatic carbocycles. The molecule has 0 N–H and O–H groups in total. The van der Waals surface area contributed by atoms with Crippen molar-refractivity contribution in [2.75, 3.05) is 0 Å². The highest BCUT2D eigenvalue weighted by Gasteiger charge is 2.29. The summed E-state index contributed by atoms with van der Waals surface area (Å²) in [6, 6.07) is 0. The minimum absolute atomic E-state index is 0.154. The van der Waals surface area contributed by atoms with Crippen LogP contribution in [-0.2, 0) is 11.0 Å². The van der Waals surface area contributed by atoms with Crippen LogP contribution in [0.3, 0.4) is 0 Å². The van der Waals surface area contributed by atoms with Crippen molar-refractivity contribution in [3.8, 4) is 0 Å². The standard InChI is InChI=1S/C10H19N2S/c1-9(2,3)8-11-7-12(13-8)10(4,5)6/h7H,1-6H3/q+1. The van der Waals surface area contributed by atoms with Gasteiger partial charge in [0.2, 0.25) is 5.01 Å². The third-order valence-electron chi connectivity index (χ3n) is 1.77. The quantitative estimate of drug-likeness (QED) is 0.587. The Kier molecular flexibility index (Phi) is 2.50. The fraction of sp³-hybridized carbons (Fsp3) is 0.800. The minimum atomic E-state index is 0.154. The Morgan fingerprint density at radius 1 is 1.15 bits per heavy atom. The zero-order valence-corrected chi connectivity index (χ0v) is 10.2. The van der Waals surface area contributed by atoms with Gasteiger partial charge in [-0.3, -0.25) is 0 Å². The average molecular weight is 199 g/mol. The highest BCUT2D eigenvalue weighted by atomic mass is 32.1. The molecular weight excluding hydrogens is 180 g/mol. The van der Waals surface area contributed by atoms with Gasteiger partial charge in [0.1, 0.15) is 5.54 Å². The monoisotopic (exact) mass is 199 g/mol. The SMILES string of the molecule is CC(C)(C)c1nc[n+](C(C)(C)C)s1. The lowest BCUT2D eigenvalue weighted by Crippen LogP contribution is -2.46. The van der Waals surface area contributed by atoms with E-state index in [1.165, 1.54) is 5.01 Å². The predicted octanol–water partition coefficient (Wildman–Crippen LogP) is 2.48. The Bertz CT molecular complexity index is 260. The lowest BCUT2D eigenvalue weighted by molar-refractivity contribution is -0.694. The van der Waals surface area contributed by atoms with Gasteiger partial charge in [-0.25, -0.2) is 0 Å². The molecule has 1 aromatic heterocycles. The van der Waals surface area contributed by atoms with Gasteiger partial charge in [0, 0.05) is 5.41 Å². The van der Waals surface area contributed by atoms with Crippen LogP contribution in [0.2, 0.25) is 0 Å². The average Bonchev–Trinajstić information content (AvgIpc) is 2.28. The van der Waals surface area contributed by atoms with Gasteiger partial charge in [0.05, 0.1) is 11.5 Å². The Hall–Kier alpha value is -0.440. The molecule has 0 amide bonds. The summed E-state index contributed by atoms with van der Waals surface area (Å²) in [6.07, 6.45) is 1.94. The van der Waals surface area contributed by atoms with E-state index < -0.39 is 0 Å². The Morgan fingerprint density at radius 2 is 1.69 bits per heavy atom. The van der Waals surface area contributed by atoms with Crippen LogP contribution in [0, 0.1) is 0 Å². The molecule has 0 unspecified atom stereocenters. The molecule has 0 spiro atoms. The first-order valence-electron chi connectivity index (χ1n) is 4.60. The van der Waals surface area contributed by atoms with Crippen LogP contribution in [0.25, 0.3) is 0 Å². The first-order valence-corrected chi connectivity index (χ1v) is 5.37. The molecule has 0 fully saturated rings. The van der Waals surface area contributed by atoms with Gasteiger partial charge in [-0.15, -0.1) is 0 Å². The normalized spacial score (nSPS) is 13.4. The fourth-order valence-electron chi connectivity index (χ4n) is 0.886. The van der Waals surface area contributed by atoms with Gasteiger partial charge < -0.3 is 0 Å². The molecule has 0 bridgehead atoms. The molecule has 1 rings (SSSR count). The highest BCUT2D eigenvalue weighted by Crippen LogP contribution is 2.22. The molecule has 1 heterocycles. The van der Waals surface area contributed by atoms with Crippen LogP contribution in [0.5, 0.6) is 0 Å². The van der Waals surface area contributed by atoms with Gasteiger partial charge in [-0.05, 0) is 25.8 Å². The lowest BCUT2D eigenvalue weighted by Gasteiger charge is -2.12. The predicted molar refractivity (Wildman–Crippen MR) is 56.0 cm³/mol. The summed E-state index contributed by atoms with van der Waals surface area (Å²) in [4.78, 5) is 4.44. The van der Waals surface area contributed by atoms with Crippen molar-refractivity contribution in [3.05, 3.63) is 11.3 Å². The smallest absolute Gasteiger partial charge is 0.170 e. The second-order valence-electron chi connectivity index (χ2n) is 5.39. The molecule has 3 heteroatoms. The molecule has 0 radical (unpaired) electrons. The summed E-state index contributed by atoms with van der Waals surface area (Å²) in [5.74, 6) is 0. The number of nitrogens with zero attached hydrogens (tertiary/aromatic N) is 2. The maximum Gasteiger partial charge on any atom is 0.299 e. The van der Waals surface area contributed by atoms with Crippen molar-refractivity contribution in [1.82, 2.24) is 4.98 Å². The first kappa shape index (κ1) is 10.6. The second kappa shape index (κ2) is 3.05. The highest BCUT2D eigenvalue weighted by molar-refractivity contribution is 7.01. The second-order valence-corrected chi connectivity index (χ2v) is 6.35. The van der Waals surface area contributed by atoms with Gasteiger partial charge in [0.25, 0.3) is 6.33 Å². The van der Waals surface area contributed by atoms with Crippen LogP contribution in [0.1, 0.15) is 46.6 Å². The Labute approximate surface area is 84.8 Å². The number of hydrogen-bond donors (Lipinski definition) is 0. The van der Waals surface area contributed by atoms with E-state index in [1.54, 1.807) is 11.5 Å². The lowest BCUT2D eigenvalue weighted by atomic mass is 9.98.